The van der Waals surface area contributed by atoms with Crippen LogP contribution in [-0.4, -0.2) is 51.1 Å². The third-order valence-corrected chi connectivity index (χ3v) is 8.56. The van der Waals surface area contributed by atoms with E-state index in [1.807, 2.05) is 6.92 Å². The molecule has 7 heteroatoms. The van der Waals surface area contributed by atoms with Crippen LogP contribution >= 0.6 is 35.1 Å². The molecule has 0 aromatic carbocycles. The number of carbonyl (C=O) groups excluding carboxylic acids is 1. The number of aliphatic imine (C=N–C) groups is 1. The summed E-state index contributed by atoms with van der Waals surface area (Å²) in [7, 11) is 0. The maximum absolute atomic E-state index is 11.8. The Balaban J connectivity index is 1.72. The molecule has 0 amide bonds. The summed E-state index contributed by atoms with van der Waals surface area (Å²) in [5, 5.41) is 10.5. The number of hydrogen-bond donors (Lipinski definition) is 1. The van der Waals surface area contributed by atoms with Crippen molar-refractivity contribution in [1.82, 2.24) is 0 Å². The molecule has 162 valence electrons. The van der Waals surface area contributed by atoms with E-state index in [2.05, 4.69) is 11.9 Å². The first-order valence-corrected chi connectivity index (χ1v) is 13.3. The van der Waals surface area contributed by atoms with Gasteiger partial charge >= 0.3 is 5.97 Å². The molecule has 0 radical (unpaired) electrons. The second-order valence-electron chi connectivity index (χ2n) is 7.81. The van der Waals surface area contributed by atoms with E-state index in [0.29, 0.717) is 24.2 Å². The van der Waals surface area contributed by atoms with E-state index in [9.17, 15) is 9.90 Å². The summed E-state index contributed by atoms with van der Waals surface area (Å²) in [5.41, 5.74) is 0. The van der Waals surface area contributed by atoms with E-state index in [-0.39, 0.29) is 23.5 Å². The van der Waals surface area contributed by atoms with Gasteiger partial charge in [0.25, 0.3) is 0 Å². The van der Waals surface area contributed by atoms with E-state index in [1.54, 1.807) is 23.5 Å². The number of hydrogen-bond acceptors (Lipinski definition) is 6. The minimum absolute atomic E-state index is 0.0751. The fraction of sp³-hybridized carbons (Fsp3) is 0.905. The SMILES string of the molecule is CCCCCCCCC1[C@@H](CCSC2=NC(C(=O)OCC)CS2)C(Cl)C[C@H]1O. The summed E-state index contributed by atoms with van der Waals surface area (Å²) in [5.74, 6) is 2.12. The lowest BCUT2D eigenvalue weighted by atomic mass is 9.87. The number of aliphatic hydroxyl groups excluding tert-OH is 1. The zero-order chi connectivity index (χ0) is 20.4. The average molecular weight is 450 g/mol. The van der Waals surface area contributed by atoms with Crippen molar-refractivity contribution < 1.29 is 14.6 Å². The molecule has 3 unspecified atom stereocenters. The Kier molecular flexibility index (Phi) is 11.7. The molecule has 5 atom stereocenters. The molecule has 1 N–H and O–H groups in total. The van der Waals surface area contributed by atoms with Gasteiger partial charge in [-0.25, -0.2) is 4.79 Å². The van der Waals surface area contributed by atoms with Crippen LogP contribution in [0.15, 0.2) is 4.99 Å². The minimum atomic E-state index is -0.345. The van der Waals surface area contributed by atoms with Gasteiger partial charge in [0.05, 0.1) is 12.7 Å². The van der Waals surface area contributed by atoms with Gasteiger partial charge in [-0.2, -0.15) is 0 Å². The predicted molar refractivity (Wildman–Crippen MR) is 123 cm³/mol. The van der Waals surface area contributed by atoms with Gasteiger partial charge in [-0.15, -0.1) is 11.6 Å². The van der Waals surface area contributed by atoms with Crippen LogP contribution in [0.2, 0.25) is 0 Å². The van der Waals surface area contributed by atoms with Gasteiger partial charge in [0.2, 0.25) is 0 Å². The van der Waals surface area contributed by atoms with Gasteiger partial charge in [-0.3, -0.25) is 4.99 Å². The first-order valence-electron chi connectivity index (χ1n) is 10.9. The van der Waals surface area contributed by atoms with Crippen LogP contribution in [0.1, 0.15) is 71.6 Å². The number of halogens is 1. The van der Waals surface area contributed by atoms with Crippen molar-refractivity contribution in [2.45, 2.75) is 89.2 Å². The van der Waals surface area contributed by atoms with Crippen LogP contribution in [0.3, 0.4) is 0 Å². The molecule has 2 aliphatic rings. The molecule has 0 saturated heterocycles. The summed E-state index contributed by atoms with van der Waals surface area (Å²) < 4.78 is 6.04. The normalized spacial score (nSPS) is 29.9. The van der Waals surface area contributed by atoms with Crippen molar-refractivity contribution in [3.63, 3.8) is 0 Å². The summed E-state index contributed by atoms with van der Waals surface area (Å²) in [6.07, 6.45) is 10.3. The van der Waals surface area contributed by atoms with Gasteiger partial charge in [0.15, 0.2) is 6.04 Å². The largest absolute Gasteiger partial charge is 0.464 e. The molecule has 1 fully saturated rings. The molecule has 1 aliphatic carbocycles. The van der Waals surface area contributed by atoms with Gasteiger partial charge in [0, 0.05) is 16.9 Å². The Hall–Kier alpha value is 0.0900. The number of rotatable bonds is 12. The third kappa shape index (κ3) is 7.73. The van der Waals surface area contributed by atoms with Crippen LogP contribution < -0.4 is 0 Å². The number of ether oxygens (including phenoxy) is 1. The molecule has 28 heavy (non-hydrogen) atoms. The monoisotopic (exact) mass is 449 g/mol. The maximum Gasteiger partial charge on any atom is 0.331 e. The Morgan fingerprint density at radius 1 is 1.21 bits per heavy atom. The van der Waals surface area contributed by atoms with Crippen molar-refractivity contribution in [3.05, 3.63) is 0 Å². The molecular formula is C21H36ClNO3S2. The second kappa shape index (κ2) is 13.4. The first kappa shape index (κ1) is 24.4. The number of thioether (sulfide) groups is 2. The van der Waals surface area contributed by atoms with Crippen LogP contribution in [0.5, 0.6) is 0 Å². The molecule has 1 saturated carbocycles. The molecule has 1 aliphatic heterocycles. The lowest BCUT2D eigenvalue weighted by Crippen LogP contribution is -2.21. The lowest BCUT2D eigenvalue weighted by molar-refractivity contribution is -0.143. The highest BCUT2D eigenvalue weighted by atomic mass is 35.5. The Morgan fingerprint density at radius 2 is 1.96 bits per heavy atom. The van der Waals surface area contributed by atoms with E-state index in [1.165, 1.54) is 38.5 Å². The fourth-order valence-electron chi connectivity index (χ4n) is 4.17. The highest BCUT2D eigenvalue weighted by Crippen LogP contribution is 2.42. The Labute approximate surface area is 184 Å². The topological polar surface area (TPSA) is 58.9 Å². The van der Waals surface area contributed by atoms with Gasteiger partial charge in [0.1, 0.15) is 4.38 Å². The van der Waals surface area contributed by atoms with E-state index in [4.69, 9.17) is 16.3 Å². The summed E-state index contributed by atoms with van der Waals surface area (Å²) >= 11 is 9.94. The van der Waals surface area contributed by atoms with Gasteiger partial charge in [-0.1, -0.05) is 69.0 Å². The molecule has 1 heterocycles. The van der Waals surface area contributed by atoms with Crippen LogP contribution in [0.25, 0.3) is 0 Å². The van der Waals surface area contributed by atoms with Crippen LogP contribution in [0, 0.1) is 11.8 Å². The molecule has 4 nitrogen and oxygen atoms in total. The number of alkyl halides is 1. The summed E-state index contributed by atoms with van der Waals surface area (Å²) in [4.78, 5) is 16.3. The van der Waals surface area contributed by atoms with Gasteiger partial charge in [-0.05, 0) is 38.0 Å². The van der Waals surface area contributed by atoms with E-state index in [0.717, 1.165) is 29.4 Å². The molecule has 2 rings (SSSR count). The number of nitrogens with zero attached hydrogens (tertiary/aromatic N) is 1. The van der Waals surface area contributed by atoms with Gasteiger partial charge < -0.3 is 9.84 Å². The van der Waals surface area contributed by atoms with Crippen LogP contribution in [-0.2, 0) is 9.53 Å². The van der Waals surface area contributed by atoms with E-state index >= 15 is 0 Å². The zero-order valence-corrected chi connectivity index (χ0v) is 19.7. The highest BCUT2D eigenvalue weighted by Gasteiger charge is 2.40. The Bertz CT molecular complexity index is 506. The highest BCUT2D eigenvalue weighted by molar-refractivity contribution is 8.39. The number of esters is 1. The van der Waals surface area contributed by atoms with Crippen molar-refractivity contribution in [3.8, 4) is 0 Å². The molecule has 0 spiro atoms. The predicted octanol–water partition coefficient (Wildman–Crippen LogP) is 5.50. The number of unbranched alkanes of at least 4 members (excludes halogenated alkanes) is 5. The quantitative estimate of drug-likeness (QED) is 0.242. The third-order valence-electron chi connectivity index (χ3n) is 5.73. The minimum Gasteiger partial charge on any atom is -0.464 e. The number of aliphatic hydroxyl groups is 1. The number of carbonyl (C=O) groups is 1. The van der Waals surface area contributed by atoms with Crippen molar-refractivity contribution in [2.75, 3.05) is 18.1 Å². The fourth-order valence-corrected chi connectivity index (χ4v) is 6.93. The Morgan fingerprint density at radius 3 is 2.71 bits per heavy atom. The smallest absolute Gasteiger partial charge is 0.331 e. The molecular weight excluding hydrogens is 414 g/mol. The first-order chi connectivity index (χ1) is 13.6. The van der Waals surface area contributed by atoms with E-state index < -0.39 is 0 Å². The summed E-state index contributed by atoms with van der Waals surface area (Å²) in [6, 6.07) is -0.345. The van der Waals surface area contributed by atoms with Crippen LogP contribution in [0.4, 0.5) is 0 Å². The zero-order valence-electron chi connectivity index (χ0n) is 17.3. The average Bonchev–Trinajstić information content (AvgIpc) is 3.24. The molecule has 0 aromatic rings. The second-order valence-corrected chi connectivity index (χ2v) is 10.7. The van der Waals surface area contributed by atoms with Crippen molar-refractivity contribution >= 4 is 45.5 Å². The van der Waals surface area contributed by atoms with Crippen molar-refractivity contribution in [1.29, 1.82) is 0 Å². The molecule has 0 bridgehead atoms. The summed E-state index contributed by atoms with van der Waals surface area (Å²) in [6.45, 7) is 4.46. The van der Waals surface area contributed by atoms with Crippen molar-refractivity contribution in [2.24, 2.45) is 16.8 Å². The maximum atomic E-state index is 11.8. The molecule has 0 aromatic heterocycles. The standard InChI is InChI=1S/C21H36ClNO3S2/c1-3-5-6-7-8-9-10-16-15(17(22)13-19(16)24)11-12-27-21-23-18(14-28-21)20(25)26-4-2/h15-19,24H,3-14H2,1-2H3/t15-,16?,17?,18?,19-/m1/s1. The lowest BCUT2D eigenvalue weighted by Gasteiger charge is -2.23.